The standard InChI is InChI=1S/C17H22FN3O3/c1-12-19-17(20-24-12)16-7-4-8-21(16)9-14(22)11-23-10-13-5-2-3-6-15(13)18/h2-3,5-6,14,16,22H,4,7-11H2,1H3/t14-,16+/m1/s1. The summed E-state index contributed by atoms with van der Waals surface area (Å²) in [5.41, 5.74) is 0.492. The highest BCUT2D eigenvalue weighted by atomic mass is 19.1. The number of aliphatic hydroxyl groups is 1. The Morgan fingerprint density at radius 2 is 2.29 bits per heavy atom. The van der Waals surface area contributed by atoms with E-state index in [1.54, 1.807) is 25.1 Å². The number of rotatable bonds is 7. The Morgan fingerprint density at radius 1 is 1.46 bits per heavy atom. The first kappa shape index (κ1) is 17.0. The minimum atomic E-state index is -0.648. The Morgan fingerprint density at radius 3 is 3.04 bits per heavy atom. The lowest BCUT2D eigenvalue weighted by Gasteiger charge is -2.24. The number of halogens is 1. The van der Waals surface area contributed by atoms with Gasteiger partial charge in [-0.05, 0) is 25.5 Å². The minimum absolute atomic E-state index is 0.0728. The summed E-state index contributed by atoms with van der Waals surface area (Å²) in [5, 5.41) is 14.2. The van der Waals surface area contributed by atoms with E-state index in [1.165, 1.54) is 6.07 Å². The van der Waals surface area contributed by atoms with Crippen molar-refractivity contribution in [3.8, 4) is 0 Å². The lowest BCUT2D eigenvalue weighted by atomic mass is 10.2. The molecule has 0 saturated carbocycles. The Hall–Kier alpha value is -1.83. The molecule has 2 atom stereocenters. The van der Waals surface area contributed by atoms with Gasteiger partial charge in [-0.3, -0.25) is 4.90 Å². The second-order valence-electron chi connectivity index (χ2n) is 6.08. The third kappa shape index (κ3) is 4.17. The van der Waals surface area contributed by atoms with Crippen LogP contribution in [0.5, 0.6) is 0 Å². The SMILES string of the molecule is Cc1nc([C@@H]2CCCN2C[C@@H](O)COCc2ccccc2F)no1. The van der Waals surface area contributed by atoms with Crippen LogP contribution in [0.2, 0.25) is 0 Å². The molecule has 0 bridgehead atoms. The fraction of sp³-hybridized carbons (Fsp3) is 0.529. The van der Waals surface area contributed by atoms with E-state index < -0.39 is 6.10 Å². The van der Waals surface area contributed by atoms with Gasteiger partial charge < -0.3 is 14.4 Å². The van der Waals surface area contributed by atoms with Crippen molar-refractivity contribution in [3.05, 3.63) is 47.4 Å². The van der Waals surface area contributed by atoms with Gasteiger partial charge in [-0.2, -0.15) is 4.98 Å². The van der Waals surface area contributed by atoms with Crippen LogP contribution in [0.15, 0.2) is 28.8 Å². The first-order valence-corrected chi connectivity index (χ1v) is 8.17. The number of nitrogens with zero attached hydrogens (tertiary/aromatic N) is 3. The molecular weight excluding hydrogens is 313 g/mol. The fourth-order valence-corrected chi connectivity index (χ4v) is 3.03. The Bertz CT molecular complexity index is 664. The number of hydrogen-bond donors (Lipinski definition) is 1. The zero-order valence-electron chi connectivity index (χ0n) is 13.7. The lowest BCUT2D eigenvalue weighted by molar-refractivity contribution is 0.00637. The van der Waals surface area contributed by atoms with Crippen LogP contribution in [-0.4, -0.2) is 45.9 Å². The van der Waals surface area contributed by atoms with Gasteiger partial charge in [-0.25, -0.2) is 4.39 Å². The number of likely N-dealkylation sites (tertiary alicyclic amines) is 1. The average molecular weight is 335 g/mol. The third-order valence-electron chi connectivity index (χ3n) is 4.18. The maximum Gasteiger partial charge on any atom is 0.223 e. The zero-order chi connectivity index (χ0) is 16.9. The molecule has 1 N–H and O–H groups in total. The molecule has 130 valence electrons. The molecule has 7 heteroatoms. The molecule has 2 heterocycles. The van der Waals surface area contributed by atoms with Crippen molar-refractivity contribution in [1.82, 2.24) is 15.0 Å². The lowest BCUT2D eigenvalue weighted by Crippen LogP contribution is -2.35. The van der Waals surface area contributed by atoms with Gasteiger partial charge in [0.2, 0.25) is 5.89 Å². The highest BCUT2D eigenvalue weighted by Gasteiger charge is 2.30. The molecule has 0 amide bonds. The van der Waals surface area contributed by atoms with E-state index in [0.29, 0.717) is 23.8 Å². The zero-order valence-corrected chi connectivity index (χ0v) is 13.7. The van der Waals surface area contributed by atoms with Crippen LogP contribution in [0, 0.1) is 12.7 Å². The Balaban J connectivity index is 1.47. The number of aliphatic hydroxyl groups excluding tert-OH is 1. The predicted octanol–water partition coefficient (Wildman–Crippen LogP) is 2.23. The molecule has 3 rings (SSSR count). The van der Waals surface area contributed by atoms with Gasteiger partial charge in [0.25, 0.3) is 0 Å². The number of benzene rings is 1. The molecule has 0 aliphatic carbocycles. The van der Waals surface area contributed by atoms with Crippen LogP contribution in [0.25, 0.3) is 0 Å². The Kier molecular flexibility index (Phi) is 5.55. The van der Waals surface area contributed by atoms with E-state index in [9.17, 15) is 9.50 Å². The van der Waals surface area contributed by atoms with E-state index in [1.807, 2.05) is 0 Å². The van der Waals surface area contributed by atoms with E-state index in [2.05, 4.69) is 15.0 Å². The number of β-amino-alcohol motifs (C(OH)–C–C–N with tert-alkyl or cyclic N) is 1. The summed E-state index contributed by atoms with van der Waals surface area (Å²) in [7, 11) is 0. The van der Waals surface area contributed by atoms with Gasteiger partial charge >= 0.3 is 0 Å². The van der Waals surface area contributed by atoms with Crippen LogP contribution in [0.4, 0.5) is 4.39 Å². The van der Waals surface area contributed by atoms with E-state index in [-0.39, 0.29) is 25.1 Å². The first-order valence-electron chi connectivity index (χ1n) is 8.17. The van der Waals surface area contributed by atoms with Gasteiger partial charge in [0.05, 0.1) is 25.4 Å². The van der Waals surface area contributed by atoms with Crippen molar-refractivity contribution in [3.63, 3.8) is 0 Å². The average Bonchev–Trinajstić information content (AvgIpc) is 3.18. The molecular formula is C17H22FN3O3. The highest BCUT2D eigenvalue weighted by Crippen LogP contribution is 2.30. The van der Waals surface area contributed by atoms with E-state index >= 15 is 0 Å². The topological polar surface area (TPSA) is 71.6 Å². The van der Waals surface area contributed by atoms with Crippen LogP contribution < -0.4 is 0 Å². The smallest absolute Gasteiger partial charge is 0.223 e. The van der Waals surface area contributed by atoms with Crippen molar-refractivity contribution in [2.24, 2.45) is 0 Å². The number of ether oxygens (including phenoxy) is 1. The summed E-state index contributed by atoms with van der Waals surface area (Å²) in [4.78, 5) is 6.43. The molecule has 1 fully saturated rings. The summed E-state index contributed by atoms with van der Waals surface area (Å²) in [6.07, 6.45) is 1.33. The Labute approximate surface area is 140 Å². The second kappa shape index (κ2) is 7.83. The van der Waals surface area contributed by atoms with E-state index in [4.69, 9.17) is 9.26 Å². The monoisotopic (exact) mass is 335 g/mol. The number of hydrogen-bond acceptors (Lipinski definition) is 6. The molecule has 1 saturated heterocycles. The van der Waals surface area contributed by atoms with Gasteiger partial charge in [-0.15, -0.1) is 0 Å². The minimum Gasteiger partial charge on any atom is -0.389 e. The summed E-state index contributed by atoms with van der Waals surface area (Å²) in [6.45, 7) is 3.42. The molecule has 0 radical (unpaired) electrons. The van der Waals surface area contributed by atoms with Gasteiger partial charge in [-0.1, -0.05) is 23.4 Å². The van der Waals surface area contributed by atoms with Gasteiger partial charge in [0.1, 0.15) is 5.82 Å². The molecule has 1 aromatic carbocycles. The fourth-order valence-electron chi connectivity index (χ4n) is 3.03. The van der Waals surface area contributed by atoms with Crippen molar-refractivity contribution >= 4 is 0 Å². The van der Waals surface area contributed by atoms with Gasteiger partial charge in [0.15, 0.2) is 5.82 Å². The maximum atomic E-state index is 13.5. The number of aryl methyl sites for hydroxylation is 1. The first-order chi connectivity index (χ1) is 11.6. The highest BCUT2D eigenvalue weighted by molar-refractivity contribution is 5.16. The van der Waals surface area contributed by atoms with Crippen molar-refractivity contribution in [1.29, 1.82) is 0 Å². The molecule has 2 aromatic rings. The van der Waals surface area contributed by atoms with Crippen LogP contribution in [0.3, 0.4) is 0 Å². The van der Waals surface area contributed by atoms with Gasteiger partial charge in [0, 0.05) is 19.0 Å². The molecule has 24 heavy (non-hydrogen) atoms. The van der Waals surface area contributed by atoms with Crippen molar-refractivity contribution in [2.75, 3.05) is 19.7 Å². The number of aromatic nitrogens is 2. The van der Waals surface area contributed by atoms with Crippen LogP contribution in [0.1, 0.15) is 36.2 Å². The third-order valence-corrected chi connectivity index (χ3v) is 4.18. The summed E-state index contributed by atoms with van der Waals surface area (Å²) >= 11 is 0. The van der Waals surface area contributed by atoms with Crippen molar-refractivity contribution in [2.45, 2.75) is 38.5 Å². The molecule has 0 unspecified atom stereocenters. The molecule has 1 aliphatic rings. The second-order valence-corrected chi connectivity index (χ2v) is 6.08. The summed E-state index contributed by atoms with van der Waals surface area (Å²) in [6, 6.07) is 6.55. The van der Waals surface area contributed by atoms with E-state index in [0.717, 1.165) is 19.4 Å². The molecule has 1 aromatic heterocycles. The largest absolute Gasteiger partial charge is 0.389 e. The maximum absolute atomic E-state index is 13.5. The quantitative estimate of drug-likeness (QED) is 0.837. The summed E-state index contributed by atoms with van der Waals surface area (Å²) < 4.78 is 24.0. The van der Waals surface area contributed by atoms with Crippen molar-refractivity contribution < 1.29 is 18.8 Å². The molecule has 0 spiro atoms. The van der Waals surface area contributed by atoms with Crippen LogP contribution >= 0.6 is 0 Å². The normalized spacial score (nSPS) is 19.7. The molecule has 1 aliphatic heterocycles. The predicted molar refractivity (Wildman–Crippen MR) is 84.6 cm³/mol. The molecule has 6 nitrogen and oxygen atoms in total. The van der Waals surface area contributed by atoms with Crippen LogP contribution in [-0.2, 0) is 11.3 Å². The summed E-state index contributed by atoms with van der Waals surface area (Å²) in [5.74, 6) is 0.925.